The monoisotopic (exact) mass is 1010 g/mol. The van der Waals surface area contributed by atoms with Crippen LogP contribution in [0, 0.1) is 50.2 Å². The first-order valence-electron chi connectivity index (χ1n) is 25.0. The van der Waals surface area contributed by atoms with Crippen LogP contribution in [0.3, 0.4) is 0 Å². The maximum Gasteiger partial charge on any atom is 0.335 e. The number of esters is 3. The van der Waals surface area contributed by atoms with Crippen molar-refractivity contribution in [1.29, 1.82) is 0 Å². The lowest BCUT2D eigenvalue weighted by Crippen LogP contribution is -2.77. The first-order chi connectivity index (χ1) is 33.0. The van der Waals surface area contributed by atoms with E-state index in [0.717, 1.165) is 5.57 Å². The average molecular weight is 1010 g/mol. The molecule has 2 saturated heterocycles. The number of carboxylic acid groups (broad SMARTS) is 1. The van der Waals surface area contributed by atoms with E-state index < -0.39 is 167 Å². The highest BCUT2D eigenvalue weighted by molar-refractivity contribution is 5.88. The Morgan fingerprint density at radius 1 is 0.732 bits per heavy atom. The molecule has 0 aromatic rings. The molecule has 0 amide bonds. The van der Waals surface area contributed by atoms with E-state index in [4.69, 9.17) is 33.2 Å². The van der Waals surface area contributed by atoms with Gasteiger partial charge in [0.2, 0.25) is 0 Å². The lowest BCUT2D eigenvalue weighted by Gasteiger charge is -2.73. The minimum Gasteiger partial charge on any atom is -0.479 e. The number of hydrogen-bond donors (Lipinski definition) is 9. The maximum atomic E-state index is 14.1. The molecule has 22 atom stereocenters. The van der Waals surface area contributed by atoms with Crippen LogP contribution in [0.5, 0.6) is 0 Å². The van der Waals surface area contributed by atoms with Crippen LogP contribution in [-0.2, 0) is 52.3 Å². The number of fused-ring (bicyclic) bond motifs is 7. The summed E-state index contributed by atoms with van der Waals surface area (Å²) in [4.78, 5) is 52.2. The summed E-state index contributed by atoms with van der Waals surface area (Å²) < 4.78 is 42.6. The maximum absolute atomic E-state index is 14.1. The van der Waals surface area contributed by atoms with Crippen molar-refractivity contribution in [2.24, 2.45) is 50.2 Å². The molecular formula is C51H78O20. The second-order valence-electron chi connectivity index (χ2n) is 23.5. The molecule has 0 bridgehead atoms. The fourth-order valence-electron chi connectivity index (χ4n) is 15.1. The van der Waals surface area contributed by atoms with Crippen molar-refractivity contribution in [3.63, 3.8) is 0 Å². The van der Waals surface area contributed by atoms with Crippen LogP contribution < -0.4 is 0 Å². The minimum atomic E-state index is -2.03. The second kappa shape index (κ2) is 19.5. The van der Waals surface area contributed by atoms with Gasteiger partial charge in [-0.05, 0) is 86.4 Å². The standard InChI is InChI=1S/C51H78O20/c1-12-22(2)43(64)71-39-38(61)51(21-53)26(19-46(5,6)40(65-23(3)54)41(51)66-24(4)55)25-13-14-29-48(9)17-16-30(47(7,8)28(48)15-18-49(29,10)50(25,39)11)68-45-37(34(59)33(58)36(69-45)42(62)63)70-44-35(60)32(57)31(56)27(20-52)67-44/h12-13,26-41,44-45,52-53,56-61H,14-21H2,1-11H3,(H,62,63)/b22-12+/t26?,27-,28?,29?,30+,31-,32+,33+,34+,35-,36+,37-,38?,39?,40?,41?,44+,45-,48?,49?,50?,51?/m1/s1. The molecule has 0 radical (unpaired) electrons. The SMILES string of the molecule is C/C=C(\C)C(=O)OC1C(O)C2(CO)C(CC(C)(C)C(OC(C)=O)C2OC(C)=O)C2=CCC3C4(C)CC[C@H](O[C@@H]5O[C@H](C(=O)O)[C@@H](O)[C@H](O)[C@H]5O[C@@H]5O[C@H](CO)[C@@H](O)[C@H](O)[C@H]5O)C(C)(C)C4CCC3(C)C21C. The number of rotatable bonds is 11. The summed E-state index contributed by atoms with van der Waals surface area (Å²) in [6.07, 6.45) is -17.4. The Balaban J connectivity index is 1.27. The Bertz CT molecular complexity index is 2110. The number of aliphatic carboxylic acids is 1. The Labute approximate surface area is 414 Å². The van der Waals surface area contributed by atoms with Crippen molar-refractivity contribution in [2.75, 3.05) is 13.2 Å². The molecule has 2 heterocycles. The number of carbonyl (C=O) groups excluding carboxylic acids is 3. The van der Waals surface area contributed by atoms with E-state index in [1.807, 2.05) is 34.6 Å². The van der Waals surface area contributed by atoms with Crippen LogP contribution in [0.1, 0.15) is 115 Å². The van der Waals surface area contributed by atoms with Gasteiger partial charge in [0.25, 0.3) is 0 Å². The molecule has 6 fully saturated rings. The predicted octanol–water partition coefficient (Wildman–Crippen LogP) is 1.42. The first-order valence-corrected chi connectivity index (χ1v) is 25.0. The molecule has 11 unspecified atom stereocenters. The third-order valence-corrected chi connectivity index (χ3v) is 19.2. The molecular weight excluding hydrogens is 933 g/mol. The first kappa shape index (κ1) is 55.6. The van der Waals surface area contributed by atoms with E-state index >= 15 is 0 Å². The lowest BCUT2D eigenvalue weighted by atomic mass is 9.32. The summed E-state index contributed by atoms with van der Waals surface area (Å²) in [6.45, 7) is 18.6. The van der Waals surface area contributed by atoms with E-state index in [9.17, 15) is 65.1 Å². The number of aliphatic hydroxyl groups excluding tert-OH is 8. The van der Waals surface area contributed by atoms with Crippen molar-refractivity contribution in [3.05, 3.63) is 23.3 Å². The van der Waals surface area contributed by atoms with E-state index in [2.05, 4.69) is 19.9 Å². The Hall–Kier alpha value is -3.12. The summed E-state index contributed by atoms with van der Waals surface area (Å²) in [6, 6.07) is 0. The quantitative estimate of drug-likeness (QED) is 0.0465. The van der Waals surface area contributed by atoms with Crippen LogP contribution >= 0.6 is 0 Å². The van der Waals surface area contributed by atoms with E-state index in [-0.39, 0.29) is 11.8 Å². The highest BCUT2D eigenvalue weighted by Crippen LogP contribution is 2.76. The summed E-state index contributed by atoms with van der Waals surface area (Å²) in [5.74, 6) is -4.49. The molecule has 4 saturated carbocycles. The highest BCUT2D eigenvalue weighted by atomic mass is 16.8. The average Bonchev–Trinajstić information content (AvgIpc) is 3.29. The van der Waals surface area contributed by atoms with Gasteiger partial charge in [0.1, 0.15) is 61.0 Å². The molecule has 7 aliphatic rings. The van der Waals surface area contributed by atoms with Crippen molar-refractivity contribution in [3.8, 4) is 0 Å². The van der Waals surface area contributed by atoms with Crippen molar-refractivity contribution < 1.29 is 98.3 Å². The normalized spacial score (nSPS) is 48.0. The van der Waals surface area contributed by atoms with Crippen LogP contribution in [0.2, 0.25) is 0 Å². The number of carbonyl (C=O) groups is 4. The van der Waals surface area contributed by atoms with Gasteiger partial charge in [-0.25, -0.2) is 9.59 Å². The van der Waals surface area contributed by atoms with E-state index in [1.165, 1.54) is 13.8 Å². The molecule has 20 heteroatoms. The van der Waals surface area contributed by atoms with E-state index in [0.29, 0.717) is 44.1 Å². The number of ether oxygens (including phenoxy) is 7. The molecule has 0 spiro atoms. The van der Waals surface area contributed by atoms with Gasteiger partial charge in [0.15, 0.2) is 24.8 Å². The Kier molecular flexibility index (Phi) is 15.3. The number of aliphatic hydroxyl groups is 8. The fraction of sp³-hybridized carbons (Fsp3) is 0.843. The van der Waals surface area contributed by atoms with Crippen LogP contribution in [-0.4, -0.2) is 175 Å². The third-order valence-electron chi connectivity index (χ3n) is 19.2. The number of hydrogen-bond acceptors (Lipinski definition) is 19. The van der Waals surface area contributed by atoms with Crippen LogP contribution in [0.15, 0.2) is 23.3 Å². The zero-order valence-corrected chi connectivity index (χ0v) is 42.7. The van der Waals surface area contributed by atoms with Crippen molar-refractivity contribution in [1.82, 2.24) is 0 Å². The fourth-order valence-corrected chi connectivity index (χ4v) is 15.1. The van der Waals surface area contributed by atoms with Crippen LogP contribution in [0.4, 0.5) is 0 Å². The van der Waals surface area contributed by atoms with Gasteiger partial charge in [-0.15, -0.1) is 0 Å². The summed E-state index contributed by atoms with van der Waals surface area (Å²) in [7, 11) is 0. The minimum absolute atomic E-state index is 0.104. The molecule has 5 aliphatic carbocycles. The molecule has 20 nitrogen and oxygen atoms in total. The van der Waals surface area contributed by atoms with Gasteiger partial charge in [0, 0.05) is 30.3 Å². The molecule has 7 rings (SSSR count). The number of allylic oxidation sites excluding steroid dienone is 2. The van der Waals surface area contributed by atoms with Crippen molar-refractivity contribution >= 4 is 23.9 Å². The number of carboxylic acids is 1. The zero-order chi connectivity index (χ0) is 52.9. The smallest absolute Gasteiger partial charge is 0.335 e. The summed E-state index contributed by atoms with van der Waals surface area (Å²) in [5, 5.41) is 98.9. The van der Waals surface area contributed by atoms with Gasteiger partial charge >= 0.3 is 23.9 Å². The van der Waals surface area contributed by atoms with Gasteiger partial charge in [-0.2, -0.15) is 0 Å². The van der Waals surface area contributed by atoms with Gasteiger partial charge < -0.3 is 79.1 Å². The van der Waals surface area contributed by atoms with Crippen LogP contribution in [0.25, 0.3) is 0 Å². The molecule has 2 aliphatic heterocycles. The second-order valence-corrected chi connectivity index (χ2v) is 23.5. The zero-order valence-electron chi connectivity index (χ0n) is 42.7. The van der Waals surface area contributed by atoms with E-state index in [1.54, 1.807) is 19.9 Å². The molecule has 9 N–H and O–H groups in total. The molecule has 402 valence electrons. The Morgan fingerprint density at radius 2 is 1.37 bits per heavy atom. The van der Waals surface area contributed by atoms with Gasteiger partial charge in [-0.3, -0.25) is 9.59 Å². The van der Waals surface area contributed by atoms with Gasteiger partial charge in [0.05, 0.1) is 24.7 Å². The van der Waals surface area contributed by atoms with Gasteiger partial charge in [-0.1, -0.05) is 66.2 Å². The highest BCUT2D eigenvalue weighted by Gasteiger charge is 2.77. The topological polar surface area (TPSA) is 315 Å². The molecule has 71 heavy (non-hydrogen) atoms. The summed E-state index contributed by atoms with van der Waals surface area (Å²) in [5.41, 5.74) is -4.38. The third kappa shape index (κ3) is 8.60. The molecule has 0 aromatic heterocycles. The largest absolute Gasteiger partial charge is 0.479 e. The van der Waals surface area contributed by atoms with Crippen molar-refractivity contribution in [2.45, 2.75) is 207 Å². The molecule has 0 aromatic carbocycles. The predicted molar refractivity (Wildman–Crippen MR) is 246 cm³/mol. The lowest BCUT2D eigenvalue weighted by molar-refractivity contribution is -0.374. The summed E-state index contributed by atoms with van der Waals surface area (Å²) >= 11 is 0. The Morgan fingerprint density at radius 3 is 1.94 bits per heavy atom.